The average Bonchev–Trinajstić information content (AvgIpc) is 2.51. The van der Waals surface area contributed by atoms with Crippen LogP contribution < -0.4 is 10.1 Å². The molecule has 2 aromatic carbocycles. The molecule has 0 saturated heterocycles. The van der Waals surface area contributed by atoms with E-state index in [0.717, 1.165) is 10.0 Å². The number of rotatable bonds is 4. The largest absolute Gasteiger partial charge is 0.496 e. The molecule has 108 valence electrons. The molecule has 0 amide bonds. The van der Waals surface area contributed by atoms with E-state index in [-0.39, 0.29) is 0 Å². The van der Waals surface area contributed by atoms with Gasteiger partial charge < -0.3 is 10.1 Å². The molecule has 0 radical (unpaired) electrons. The van der Waals surface area contributed by atoms with Crippen LogP contribution in [-0.2, 0) is 6.54 Å². The van der Waals surface area contributed by atoms with Crippen molar-refractivity contribution in [3.8, 4) is 11.8 Å². The molecule has 3 nitrogen and oxygen atoms in total. The lowest BCUT2D eigenvalue weighted by molar-refractivity contribution is 0.410. The van der Waals surface area contributed by atoms with E-state index in [1.54, 1.807) is 25.3 Å². The number of nitrogens with one attached hydrogen (secondary N) is 1. The van der Waals surface area contributed by atoms with Gasteiger partial charge in [-0.1, -0.05) is 23.2 Å². The molecule has 2 rings (SSSR count). The number of ether oxygens (including phenoxy) is 1. The molecule has 21 heavy (non-hydrogen) atoms. The van der Waals surface area contributed by atoms with Gasteiger partial charge in [-0.3, -0.25) is 0 Å². The highest BCUT2D eigenvalue weighted by Gasteiger charge is 2.10. The Morgan fingerprint density at radius 1 is 1.24 bits per heavy atom. The molecule has 6 heteroatoms. The van der Waals surface area contributed by atoms with Crippen LogP contribution in [0.4, 0.5) is 5.69 Å². The van der Waals surface area contributed by atoms with Crippen molar-refractivity contribution >= 4 is 44.8 Å². The Hall–Kier alpha value is -1.41. The zero-order valence-corrected chi connectivity index (χ0v) is 14.2. The SMILES string of the molecule is COc1ccc(C#N)cc1CNc1ccc(Br)c(Cl)c1Cl. The predicted octanol–water partition coefficient (Wildman–Crippen LogP) is 5.25. The predicted molar refractivity (Wildman–Crippen MR) is 89.2 cm³/mol. The first-order chi connectivity index (χ1) is 10.1. The zero-order valence-electron chi connectivity index (χ0n) is 11.1. The highest BCUT2D eigenvalue weighted by Crippen LogP contribution is 2.36. The van der Waals surface area contributed by atoms with Gasteiger partial charge >= 0.3 is 0 Å². The standard InChI is InChI=1S/C15H11BrCl2N2O/c1-21-13-5-2-9(7-19)6-10(13)8-20-12-4-3-11(16)14(17)15(12)18/h2-6,20H,8H2,1H3. The first-order valence-corrected chi connectivity index (χ1v) is 7.56. The van der Waals surface area contributed by atoms with E-state index in [0.29, 0.717) is 33.6 Å². The zero-order chi connectivity index (χ0) is 15.4. The summed E-state index contributed by atoms with van der Waals surface area (Å²) in [6.07, 6.45) is 0. The number of hydrogen-bond donors (Lipinski definition) is 1. The third-order valence-corrected chi connectivity index (χ3v) is 4.68. The summed E-state index contributed by atoms with van der Waals surface area (Å²) >= 11 is 15.6. The van der Waals surface area contributed by atoms with Gasteiger partial charge in [-0.25, -0.2) is 0 Å². The molecule has 0 atom stereocenters. The number of nitrogens with zero attached hydrogens (tertiary/aromatic N) is 1. The second kappa shape index (κ2) is 7.04. The molecular weight excluding hydrogens is 375 g/mol. The van der Waals surface area contributed by atoms with Gasteiger partial charge in [0.25, 0.3) is 0 Å². The van der Waals surface area contributed by atoms with Crippen molar-refractivity contribution < 1.29 is 4.74 Å². The number of halogens is 3. The minimum atomic E-state index is 0.446. The van der Waals surface area contributed by atoms with Crippen molar-refractivity contribution in [2.75, 3.05) is 12.4 Å². The smallest absolute Gasteiger partial charge is 0.123 e. The van der Waals surface area contributed by atoms with Crippen LogP contribution >= 0.6 is 39.1 Å². The van der Waals surface area contributed by atoms with Crippen molar-refractivity contribution in [3.05, 3.63) is 56.0 Å². The van der Waals surface area contributed by atoms with Gasteiger partial charge in [0, 0.05) is 16.6 Å². The van der Waals surface area contributed by atoms with Crippen LogP contribution in [0.5, 0.6) is 5.75 Å². The Morgan fingerprint density at radius 3 is 2.67 bits per heavy atom. The van der Waals surface area contributed by atoms with Crippen molar-refractivity contribution in [3.63, 3.8) is 0 Å². The van der Waals surface area contributed by atoms with Crippen LogP contribution in [-0.4, -0.2) is 7.11 Å². The van der Waals surface area contributed by atoms with E-state index in [4.69, 9.17) is 33.2 Å². The van der Waals surface area contributed by atoms with Crippen molar-refractivity contribution in [1.29, 1.82) is 5.26 Å². The second-order valence-corrected chi connectivity index (χ2v) is 5.83. The Bertz CT molecular complexity index is 714. The van der Waals surface area contributed by atoms with Crippen molar-refractivity contribution in [2.24, 2.45) is 0 Å². The van der Waals surface area contributed by atoms with E-state index in [2.05, 4.69) is 27.3 Å². The van der Waals surface area contributed by atoms with E-state index in [1.807, 2.05) is 12.1 Å². The molecule has 0 fully saturated rings. The van der Waals surface area contributed by atoms with E-state index in [1.165, 1.54) is 0 Å². The second-order valence-electron chi connectivity index (χ2n) is 4.21. The molecule has 0 unspecified atom stereocenters. The van der Waals surface area contributed by atoms with Gasteiger partial charge in [-0.15, -0.1) is 0 Å². The van der Waals surface area contributed by atoms with Gasteiger partial charge in [-0.2, -0.15) is 5.26 Å². The van der Waals surface area contributed by atoms with Crippen LogP contribution in [0.25, 0.3) is 0 Å². The highest BCUT2D eigenvalue weighted by molar-refractivity contribution is 9.10. The highest BCUT2D eigenvalue weighted by atomic mass is 79.9. The van der Waals surface area contributed by atoms with Crippen LogP contribution in [0.15, 0.2) is 34.8 Å². The molecule has 0 aromatic heterocycles. The van der Waals surface area contributed by atoms with Crippen LogP contribution in [0.3, 0.4) is 0 Å². The van der Waals surface area contributed by atoms with Gasteiger partial charge in [0.15, 0.2) is 0 Å². The maximum absolute atomic E-state index is 8.97. The van der Waals surface area contributed by atoms with E-state index in [9.17, 15) is 0 Å². The van der Waals surface area contributed by atoms with Crippen LogP contribution in [0.1, 0.15) is 11.1 Å². The fraction of sp³-hybridized carbons (Fsp3) is 0.133. The Kier molecular flexibility index (Phi) is 5.35. The summed E-state index contributed by atoms with van der Waals surface area (Å²) in [6, 6.07) is 11.0. The minimum absolute atomic E-state index is 0.446. The molecule has 0 spiro atoms. The van der Waals surface area contributed by atoms with E-state index < -0.39 is 0 Å². The Morgan fingerprint density at radius 2 is 2.00 bits per heavy atom. The summed E-state index contributed by atoms with van der Waals surface area (Å²) in [5, 5.41) is 13.1. The van der Waals surface area contributed by atoms with Crippen molar-refractivity contribution in [2.45, 2.75) is 6.54 Å². The molecule has 0 bridgehead atoms. The summed E-state index contributed by atoms with van der Waals surface area (Å²) in [7, 11) is 1.59. The molecule has 0 aliphatic heterocycles. The topological polar surface area (TPSA) is 45.0 Å². The normalized spacial score (nSPS) is 10.0. The van der Waals surface area contributed by atoms with Crippen molar-refractivity contribution in [1.82, 2.24) is 0 Å². The third kappa shape index (κ3) is 3.62. The van der Waals surface area contributed by atoms with Gasteiger partial charge in [0.1, 0.15) is 5.75 Å². The molecule has 2 aromatic rings. The fourth-order valence-corrected chi connectivity index (χ4v) is 2.68. The summed E-state index contributed by atoms with van der Waals surface area (Å²) < 4.78 is 6.03. The summed E-state index contributed by atoms with van der Waals surface area (Å²) in [5.41, 5.74) is 2.16. The lowest BCUT2D eigenvalue weighted by Gasteiger charge is -2.13. The minimum Gasteiger partial charge on any atom is -0.496 e. The first kappa shape index (κ1) is 16.0. The molecule has 0 aliphatic rings. The third-order valence-electron chi connectivity index (χ3n) is 2.91. The number of benzene rings is 2. The summed E-state index contributed by atoms with van der Waals surface area (Å²) in [4.78, 5) is 0. The Balaban J connectivity index is 2.24. The molecule has 0 heterocycles. The average molecular weight is 386 g/mol. The maximum atomic E-state index is 8.97. The molecule has 0 saturated carbocycles. The number of nitriles is 1. The van der Waals surface area contributed by atoms with Gasteiger partial charge in [0.05, 0.1) is 34.5 Å². The summed E-state index contributed by atoms with van der Waals surface area (Å²) in [5.74, 6) is 0.709. The molecule has 0 aliphatic carbocycles. The number of anilines is 1. The Labute approximate surface area is 141 Å². The van der Waals surface area contributed by atoms with Gasteiger partial charge in [0.2, 0.25) is 0 Å². The molecule has 1 N–H and O–H groups in total. The lowest BCUT2D eigenvalue weighted by atomic mass is 10.1. The van der Waals surface area contributed by atoms with Gasteiger partial charge in [-0.05, 0) is 46.3 Å². The monoisotopic (exact) mass is 384 g/mol. The maximum Gasteiger partial charge on any atom is 0.123 e. The van der Waals surface area contributed by atoms with E-state index >= 15 is 0 Å². The van der Waals surface area contributed by atoms with Crippen LogP contribution in [0, 0.1) is 11.3 Å². The number of methoxy groups -OCH3 is 1. The summed E-state index contributed by atoms with van der Waals surface area (Å²) in [6.45, 7) is 0.469. The van der Waals surface area contributed by atoms with Crippen LogP contribution in [0.2, 0.25) is 10.0 Å². The quantitative estimate of drug-likeness (QED) is 0.731. The first-order valence-electron chi connectivity index (χ1n) is 6.01. The number of hydrogen-bond acceptors (Lipinski definition) is 3. The fourth-order valence-electron chi connectivity index (χ4n) is 1.84. The lowest BCUT2D eigenvalue weighted by Crippen LogP contribution is -2.03. The molecular formula is C15H11BrCl2N2O.